The van der Waals surface area contributed by atoms with Gasteiger partial charge in [-0.25, -0.2) is 8.42 Å². The summed E-state index contributed by atoms with van der Waals surface area (Å²) >= 11 is 3.30. The number of aromatic nitrogens is 1. The van der Waals surface area contributed by atoms with E-state index in [1.165, 1.54) is 0 Å². The van der Waals surface area contributed by atoms with Crippen molar-refractivity contribution in [2.75, 3.05) is 18.6 Å². The van der Waals surface area contributed by atoms with Crippen LogP contribution in [0, 0.1) is 0 Å². The lowest BCUT2D eigenvalue weighted by molar-refractivity contribution is 0.0947. The van der Waals surface area contributed by atoms with E-state index in [4.69, 9.17) is 0 Å². The van der Waals surface area contributed by atoms with Crippen LogP contribution in [0.1, 0.15) is 17.4 Å². The van der Waals surface area contributed by atoms with Gasteiger partial charge in [-0.05, 0) is 28.9 Å². The van der Waals surface area contributed by atoms with Crippen LogP contribution < -0.4 is 5.32 Å². The molecule has 0 unspecified atom stereocenters. The topological polar surface area (TPSA) is 68.2 Å². The zero-order valence-electron chi connectivity index (χ0n) is 9.73. The molecule has 0 atom stereocenters. The zero-order valence-corrected chi connectivity index (χ0v) is 12.1. The highest BCUT2D eigenvalue weighted by molar-refractivity contribution is 9.10. The number of rotatable bonds is 5. The highest BCUT2D eigenvalue weighted by atomic mass is 79.9. The second-order valence-electron chi connectivity index (χ2n) is 3.72. The Balaban J connectivity index is 2.64. The summed E-state index contributed by atoms with van der Waals surface area (Å²) in [6, 6.07) is 1.71. The second kappa shape index (κ2) is 5.68. The molecule has 0 fully saturated rings. The minimum Gasteiger partial charge on any atom is -0.350 e. The fourth-order valence-corrected chi connectivity index (χ4v) is 2.30. The lowest BCUT2D eigenvalue weighted by atomic mass is 10.4. The van der Waals surface area contributed by atoms with Gasteiger partial charge in [0.25, 0.3) is 5.91 Å². The average molecular weight is 323 g/mol. The first-order chi connectivity index (χ1) is 7.83. The first-order valence-corrected chi connectivity index (χ1v) is 8.00. The molecule has 1 amide bonds. The molecule has 0 saturated carbocycles. The van der Waals surface area contributed by atoms with Gasteiger partial charge in [-0.1, -0.05) is 0 Å². The number of halogens is 1. The maximum atomic E-state index is 11.8. The van der Waals surface area contributed by atoms with Gasteiger partial charge in [0.15, 0.2) is 0 Å². The summed E-state index contributed by atoms with van der Waals surface area (Å²) in [5, 5.41) is 2.58. The molecule has 1 rings (SSSR count). The number of nitrogens with zero attached hydrogens (tertiary/aromatic N) is 1. The minimum absolute atomic E-state index is 0.0489. The lowest BCUT2D eigenvalue weighted by Gasteiger charge is -2.06. The molecule has 7 heteroatoms. The van der Waals surface area contributed by atoms with Crippen molar-refractivity contribution >= 4 is 31.7 Å². The first-order valence-electron chi connectivity index (χ1n) is 5.15. The summed E-state index contributed by atoms with van der Waals surface area (Å²) < 4.78 is 24.4. The van der Waals surface area contributed by atoms with Crippen LogP contribution in [0.2, 0.25) is 0 Å². The van der Waals surface area contributed by atoms with Crippen LogP contribution in [0.15, 0.2) is 16.7 Å². The maximum absolute atomic E-state index is 11.8. The van der Waals surface area contributed by atoms with Crippen molar-refractivity contribution in [1.29, 1.82) is 0 Å². The van der Waals surface area contributed by atoms with E-state index in [1.807, 2.05) is 13.1 Å². The molecule has 0 saturated heterocycles. The van der Waals surface area contributed by atoms with Crippen molar-refractivity contribution in [3.63, 3.8) is 0 Å². The van der Waals surface area contributed by atoms with E-state index in [2.05, 4.69) is 21.2 Å². The quantitative estimate of drug-likeness (QED) is 0.880. The molecular formula is C10H15BrN2O3S. The van der Waals surface area contributed by atoms with Gasteiger partial charge in [-0.15, -0.1) is 0 Å². The molecule has 0 aromatic carbocycles. The van der Waals surface area contributed by atoms with Crippen LogP contribution >= 0.6 is 15.9 Å². The Morgan fingerprint density at radius 2 is 2.18 bits per heavy atom. The largest absolute Gasteiger partial charge is 0.350 e. The van der Waals surface area contributed by atoms with E-state index in [0.717, 1.165) is 10.7 Å². The number of hydrogen-bond acceptors (Lipinski definition) is 3. The van der Waals surface area contributed by atoms with Crippen LogP contribution in [-0.2, 0) is 16.4 Å². The Kier molecular flexibility index (Phi) is 4.76. The molecule has 0 aliphatic heterocycles. The molecule has 0 spiro atoms. The number of nitrogens with one attached hydrogen (secondary N) is 1. The Bertz CT molecular complexity index is 508. The van der Waals surface area contributed by atoms with Gasteiger partial charge in [0, 0.05) is 30.0 Å². The van der Waals surface area contributed by atoms with Crippen molar-refractivity contribution in [3.05, 3.63) is 22.4 Å². The summed E-state index contributed by atoms with van der Waals surface area (Å²) in [7, 11) is -3.04. The number of sulfone groups is 1. The molecule has 17 heavy (non-hydrogen) atoms. The monoisotopic (exact) mass is 322 g/mol. The molecule has 1 aromatic heterocycles. The van der Waals surface area contributed by atoms with Crippen LogP contribution in [0.25, 0.3) is 0 Å². The zero-order chi connectivity index (χ0) is 13.1. The Morgan fingerprint density at radius 1 is 1.53 bits per heavy atom. The van der Waals surface area contributed by atoms with E-state index < -0.39 is 9.84 Å². The highest BCUT2D eigenvalue weighted by Crippen LogP contribution is 2.14. The minimum atomic E-state index is -3.04. The van der Waals surface area contributed by atoms with Crippen molar-refractivity contribution in [1.82, 2.24) is 9.88 Å². The predicted octanol–water partition coefficient (Wildman–Crippen LogP) is 1.04. The summed E-state index contributed by atoms with van der Waals surface area (Å²) in [6.07, 6.45) is 2.95. The van der Waals surface area contributed by atoms with Crippen LogP contribution in [0.4, 0.5) is 0 Å². The molecule has 96 valence electrons. The van der Waals surface area contributed by atoms with E-state index in [9.17, 15) is 13.2 Å². The van der Waals surface area contributed by atoms with E-state index in [-0.39, 0.29) is 18.2 Å². The summed E-state index contributed by atoms with van der Waals surface area (Å²) in [6.45, 7) is 2.74. The molecule has 0 bridgehead atoms. The van der Waals surface area contributed by atoms with Crippen LogP contribution in [0.5, 0.6) is 0 Å². The summed E-state index contributed by atoms with van der Waals surface area (Å²) in [4.78, 5) is 11.8. The third-order valence-electron chi connectivity index (χ3n) is 2.19. The normalized spacial score (nSPS) is 11.5. The van der Waals surface area contributed by atoms with Gasteiger partial charge < -0.3 is 9.88 Å². The van der Waals surface area contributed by atoms with Gasteiger partial charge in [0.1, 0.15) is 15.5 Å². The third-order valence-corrected chi connectivity index (χ3v) is 3.57. The number of aryl methyl sites for hydroxylation is 1. The van der Waals surface area contributed by atoms with E-state index >= 15 is 0 Å². The highest BCUT2D eigenvalue weighted by Gasteiger charge is 2.12. The van der Waals surface area contributed by atoms with Gasteiger partial charge in [0.2, 0.25) is 0 Å². The van der Waals surface area contributed by atoms with E-state index in [1.54, 1.807) is 10.6 Å². The fraction of sp³-hybridized carbons (Fsp3) is 0.500. The maximum Gasteiger partial charge on any atom is 0.267 e. The molecule has 0 aliphatic rings. The van der Waals surface area contributed by atoms with Crippen LogP contribution in [0.3, 0.4) is 0 Å². The first kappa shape index (κ1) is 14.2. The third kappa shape index (κ3) is 4.51. The number of amides is 1. The second-order valence-corrected chi connectivity index (χ2v) is 6.89. The van der Waals surface area contributed by atoms with Crippen LogP contribution in [-0.4, -0.2) is 37.4 Å². The van der Waals surface area contributed by atoms with Gasteiger partial charge in [-0.3, -0.25) is 4.79 Å². The average Bonchev–Trinajstić information content (AvgIpc) is 2.57. The summed E-state index contributed by atoms with van der Waals surface area (Å²) in [5.74, 6) is -0.312. The molecular weight excluding hydrogens is 308 g/mol. The Labute approximate surface area is 109 Å². The molecule has 1 N–H and O–H groups in total. The van der Waals surface area contributed by atoms with Gasteiger partial charge >= 0.3 is 0 Å². The van der Waals surface area contributed by atoms with E-state index in [0.29, 0.717) is 12.2 Å². The van der Waals surface area contributed by atoms with Gasteiger partial charge in [-0.2, -0.15) is 0 Å². The molecule has 1 aromatic rings. The Hall–Kier alpha value is -0.820. The number of carbonyl (C=O) groups excluding carboxylic acids is 1. The van der Waals surface area contributed by atoms with Crippen molar-refractivity contribution in [2.24, 2.45) is 0 Å². The molecule has 0 radical (unpaired) electrons. The smallest absolute Gasteiger partial charge is 0.267 e. The number of hydrogen-bond donors (Lipinski definition) is 1. The molecule has 5 nitrogen and oxygen atoms in total. The molecule has 1 heterocycles. The lowest BCUT2D eigenvalue weighted by Crippen LogP contribution is -2.30. The summed E-state index contributed by atoms with van der Waals surface area (Å²) in [5.41, 5.74) is 0.521. The van der Waals surface area contributed by atoms with Crippen molar-refractivity contribution in [2.45, 2.75) is 13.5 Å². The fourth-order valence-electron chi connectivity index (χ4n) is 1.37. The van der Waals surface area contributed by atoms with Gasteiger partial charge in [0.05, 0.1) is 5.75 Å². The van der Waals surface area contributed by atoms with Crippen molar-refractivity contribution < 1.29 is 13.2 Å². The standard InChI is InChI=1S/C10H15BrN2O3S/c1-3-13-7-8(11)6-9(13)10(14)12-4-5-17(2,15)16/h6-7H,3-5H2,1-2H3,(H,12,14). The number of carbonyl (C=O) groups is 1. The SMILES string of the molecule is CCn1cc(Br)cc1C(=O)NCCS(C)(=O)=O. The molecule has 0 aliphatic carbocycles. The Morgan fingerprint density at radius 3 is 2.71 bits per heavy atom. The predicted molar refractivity (Wildman–Crippen MR) is 69.9 cm³/mol. The van der Waals surface area contributed by atoms with Crippen molar-refractivity contribution in [3.8, 4) is 0 Å².